The van der Waals surface area contributed by atoms with E-state index in [4.69, 9.17) is 4.42 Å². The first kappa shape index (κ1) is 17.1. The first-order valence-corrected chi connectivity index (χ1v) is 9.10. The van der Waals surface area contributed by atoms with Crippen molar-refractivity contribution in [1.82, 2.24) is 9.21 Å². The average molecular weight is 352 g/mol. The van der Waals surface area contributed by atoms with E-state index in [1.54, 1.807) is 0 Å². The highest BCUT2D eigenvalue weighted by Crippen LogP contribution is 2.29. The first-order chi connectivity index (χ1) is 11.3. The molecule has 1 aromatic carbocycles. The zero-order chi connectivity index (χ0) is 17.5. The molecule has 0 unspecified atom stereocenters. The quantitative estimate of drug-likeness (QED) is 0.805. The highest BCUT2D eigenvalue weighted by atomic mass is 32.2. The van der Waals surface area contributed by atoms with Gasteiger partial charge in [0.1, 0.15) is 5.58 Å². The van der Waals surface area contributed by atoms with Gasteiger partial charge in [-0.05, 0) is 44.8 Å². The second-order valence-electron chi connectivity index (χ2n) is 6.22. The predicted octanol–water partition coefficient (Wildman–Crippen LogP) is 0.478. The largest absolute Gasteiger partial charge is 0.423 e. The number of fused-ring (bicyclic) bond motifs is 1. The normalized spacial score (nSPS) is 22.5. The fraction of sp³-hybridized carbons (Fsp3) is 0.438. The number of sulfonamides is 1. The van der Waals surface area contributed by atoms with Crippen LogP contribution in [-0.2, 0) is 10.0 Å². The molecule has 1 N–H and O–H groups in total. The Bertz CT molecular complexity index is 906. The highest BCUT2D eigenvalue weighted by Gasteiger charge is 2.40. The molecule has 0 bridgehead atoms. The maximum absolute atomic E-state index is 13.0. The minimum absolute atomic E-state index is 0.0652. The first-order valence-electron chi connectivity index (χ1n) is 7.66. The molecular weight excluding hydrogens is 332 g/mol. The van der Waals surface area contributed by atoms with Gasteiger partial charge in [0, 0.05) is 30.1 Å². The second-order valence-corrected chi connectivity index (χ2v) is 8.11. The molecular formula is C16H20N2O5S. The lowest BCUT2D eigenvalue weighted by Crippen LogP contribution is -2.38. The van der Waals surface area contributed by atoms with Crippen molar-refractivity contribution in [3.8, 4) is 0 Å². The van der Waals surface area contributed by atoms with E-state index in [1.165, 1.54) is 34.6 Å². The third-order valence-corrected chi connectivity index (χ3v) is 6.39. The molecule has 0 saturated carbocycles. The predicted molar refractivity (Wildman–Crippen MR) is 89.3 cm³/mol. The van der Waals surface area contributed by atoms with Gasteiger partial charge < -0.3 is 14.4 Å². The van der Waals surface area contributed by atoms with Gasteiger partial charge in [0.05, 0.1) is 11.5 Å². The summed E-state index contributed by atoms with van der Waals surface area (Å²) in [4.78, 5) is 13.3. The summed E-state index contributed by atoms with van der Waals surface area (Å²) in [7, 11) is 0.0511. The van der Waals surface area contributed by atoms with E-state index in [9.17, 15) is 18.3 Å². The van der Waals surface area contributed by atoms with Gasteiger partial charge in [-0.15, -0.1) is 0 Å². The lowest BCUT2D eigenvalue weighted by Gasteiger charge is -2.23. The average Bonchev–Trinajstić information content (AvgIpc) is 2.99. The molecule has 1 saturated heterocycles. The van der Waals surface area contributed by atoms with Crippen molar-refractivity contribution in [1.29, 1.82) is 0 Å². The van der Waals surface area contributed by atoms with Gasteiger partial charge in [-0.2, -0.15) is 4.31 Å². The van der Waals surface area contributed by atoms with Crippen LogP contribution in [0.4, 0.5) is 0 Å². The Balaban J connectivity index is 2.00. The second kappa shape index (κ2) is 6.29. The zero-order valence-electron chi connectivity index (χ0n) is 13.5. The van der Waals surface area contributed by atoms with Crippen molar-refractivity contribution in [2.75, 3.05) is 27.2 Å². The number of hydrogen-bond donors (Lipinski definition) is 1. The molecule has 0 aliphatic carbocycles. The fourth-order valence-corrected chi connectivity index (χ4v) is 4.74. The van der Waals surface area contributed by atoms with E-state index in [1.807, 2.05) is 19.0 Å². The molecule has 1 aliphatic heterocycles. The number of likely N-dealkylation sites (N-methyl/N-ethyl adjacent to an activating group) is 1. The number of hydrogen-bond acceptors (Lipinski definition) is 6. The van der Waals surface area contributed by atoms with Gasteiger partial charge in [0.15, 0.2) is 0 Å². The molecule has 0 amide bonds. The van der Waals surface area contributed by atoms with Crippen LogP contribution in [0.15, 0.2) is 44.4 Å². The Labute approximate surface area is 140 Å². The molecule has 0 radical (unpaired) electrons. The molecule has 0 spiro atoms. The monoisotopic (exact) mass is 352 g/mol. The van der Waals surface area contributed by atoms with Crippen LogP contribution in [0.1, 0.15) is 6.42 Å². The summed E-state index contributed by atoms with van der Waals surface area (Å²) in [6.07, 6.45) is 0.588. The third kappa shape index (κ3) is 2.98. The van der Waals surface area contributed by atoms with Crippen molar-refractivity contribution in [3.63, 3.8) is 0 Å². The standard InChI is InChI=1S/C16H20N2O5S/c1-17(2)12-8-13(10-19)18(9-12)24(21,22)14-4-5-15-11(7-14)3-6-16(20)23-15/h3-7,12-13,19H,8-10H2,1-2H3/t12-,13+/m1/s1. The topological polar surface area (TPSA) is 91.1 Å². The summed E-state index contributed by atoms with van der Waals surface area (Å²) >= 11 is 0. The minimum Gasteiger partial charge on any atom is -0.423 e. The molecule has 24 heavy (non-hydrogen) atoms. The van der Waals surface area contributed by atoms with Crippen LogP contribution in [0.5, 0.6) is 0 Å². The van der Waals surface area contributed by atoms with E-state index in [0.717, 1.165) is 0 Å². The summed E-state index contributed by atoms with van der Waals surface area (Å²) in [5, 5.41) is 10.1. The molecule has 7 nitrogen and oxygen atoms in total. The zero-order valence-corrected chi connectivity index (χ0v) is 14.4. The summed E-state index contributed by atoms with van der Waals surface area (Å²) in [5.41, 5.74) is -0.139. The Morgan fingerprint density at radius 1 is 1.29 bits per heavy atom. The van der Waals surface area contributed by atoms with E-state index >= 15 is 0 Å². The smallest absolute Gasteiger partial charge is 0.336 e. The van der Waals surface area contributed by atoms with Crippen molar-refractivity contribution >= 4 is 21.0 Å². The van der Waals surface area contributed by atoms with Crippen molar-refractivity contribution in [2.24, 2.45) is 0 Å². The Morgan fingerprint density at radius 3 is 2.71 bits per heavy atom. The van der Waals surface area contributed by atoms with Gasteiger partial charge >= 0.3 is 5.63 Å². The lowest BCUT2D eigenvalue weighted by atomic mass is 10.2. The van der Waals surface area contributed by atoms with Crippen LogP contribution < -0.4 is 5.63 Å². The molecule has 1 aromatic heterocycles. The number of aliphatic hydroxyl groups excluding tert-OH is 1. The molecule has 1 aliphatic rings. The number of rotatable bonds is 4. The van der Waals surface area contributed by atoms with Crippen molar-refractivity contribution in [2.45, 2.75) is 23.4 Å². The van der Waals surface area contributed by atoms with Gasteiger partial charge in [-0.3, -0.25) is 0 Å². The maximum atomic E-state index is 13.0. The van der Waals surface area contributed by atoms with E-state index in [-0.39, 0.29) is 17.5 Å². The van der Waals surface area contributed by atoms with E-state index in [0.29, 0.717) is 23.9 Å². The summed E-state index contributed by atoms with van der Waals surface area (Å²) in [6.45, 7) is 0.120. The number of nitrogens with zero attached hydrogens (tertiary/aromatic N) is 2. The number of aliphatic hydroxyl groups is 1. The molecule has 2 atom stereocenters. The number of benzene rings is 1. The molecule has 3 rings (SSSR count). The molecule has 2 heterocycles. The van der Waals surface area contributed by atoms with Gasteiger partial charge in [0.25, 0.3) is 0 Å². The van der Waals surface area contributed by atoms with Crippen LogP contribution in [0, 0.1) is 0 Å². The van der Waals surface area contributed by atoms with Crippen LogP contribution in [-0.4, -0.2) is 62.1 Å². The van der Waals surface area contributed by atoms with Crippen LogP contribution >= 0.6 is 0 Å². The molecule has 130 valence electrons. The van der Waals surface area contributed by atoms with E-state index in [2.05, 4.69) is 0 Å². The van der Waals surface area contributed by atoms with Gasteiger partial charge in [0.2, 0.25) is 10.0 Å². The van der Waals surface area contributed by atoms with Gasteiger partial charge in [-0.25, -0.2) is 13.2 Å². The SMILES string of the molecule is CN(C)[C@@H]1C[C@@H](CO)N(S(=O)(=O)c2ccc3oc(=O)ccc3c2)C1. The lowest BCUT2D eigenvalue weighted by molar-refractivity contribution is 0.212. The van der Waals surface area contributed by atoms with E-state index < -0.39 is 21.7 Å². The highest BCUT2D eigenvalue weighted by molar-refractivity contribution is 7.89. The molecule has 1 fully saturated rings. The van der Waals surface area contributed by atoms with Crippen molar-refractivity contribution < 1.29 is 17.9 Å². The van der Waals surface area contributed by atoms with Crippen LogP contribution in [0.2, 0.25) is 0 Å². The van der Waals surface area contributed by atoms with Gasteiger partial charge in [-0.1, -0.05) is 0 Å². The summed E-state index contributed by atoms with van der Waals surface area (Å²) < 4.78 is 32.4. The molecule has 8 heteroatoms. The van der Waals surface area contributed by atoms with Crippen molar-refractivity contribution in [3.05, 3.63) is 40.8 Å². The molecule has 2 aromatic rings. The third-order valence-electron chi connectivity index (χ3n) is 4.48. The maximum Gasteiger partial charge on any atom is 0.336 e. The Morgan fingerprint density at radius 2 is 2.04 bits per heavy atom. The Hall–Kier alpha value is -1.74. The Kier molecular flexibility index (Phi) is 4.48. The fourth-order valence-electron chi connectivity index (χ4n) is 3.04. The van der Waals surface area contributed by atoms with Crippen LogP contribution in [0.25, 0.3) is 11.0 Å². The summed E-state index contributed by atoms with van der Waals surface area (Å²) in [6, 6.07) is 6.83. The van der Waals surface area contributed by atoms with Crippen LogP contribution in [0.3, 0.4) is 0 Å². The summed E-state index contributed by atoms with van der Waals surface area (Å²) in [5.74, 6) is 0. The minimum atomic E-state index is -3.74.